The molecule has 2 aliphatic heterocycles. The van der Waals surface area contributed by atoms with E-state index in [0.717, 1.165) is 30.6 Å². The molecular weight excluding hydrogens is 260 g/mol. The molecule has 0 aliphatic carbocycles. The third-order valence-electron chi connectivity index (χ3n) is 4.31. The summed E-state index contributed by atoms with van der Waals surface area (Å²) in [6, 6.07) is 6.63. The maximum absolute atomic E-state index is 12.6. The molecule has 2 bridgehead atoms. The minimum Gasteiger partial charge on any atom is -0.337 e. The average Bonchev–Trinajstić information content (AvgIpc) is 2.72. The van der Waals surface area contributed by atoms with Gasteiger partial charge < -0.3 is 10.2 Å². The van der Waals surface area contributed by atoms with Crippen molar-refractivity contribution in [2.45, 2.75) is 38.3 Å². The smallest absolute Gasteiger partial charge is 0.254 e. The second kappa shape index (κ2) is 5.14. The van der Waals surface area contributed by atoms with Gasteiger partial charge in [-0.1, -0.05) is 17.7 Å². The van der Waals surface area contributed by atoms with E-state index < -0.39 is 0 Å². The minimum atomic E-state index is 0.120. The highest BCUT2D eigenvalue weighted by atomic mass is 35.5. The lowest BCUT2D eigenvalue weighted by Gasteiger charge is -2.25. The summed E-state index contributed by atoms with van der Waals surface area (Å²) in [4.78, 5) is 14.6. The fraction of sp³-hybridized carbons (Fsp3) is 0.533. The molecule has 2 atom stereocenters. The molecule has 0 saturated carbocycles. The fourth-order valence-electron chi connectivity index (χ4n) is 3.14. The zero-order valence-electron chi connectivity index (χ0n) is 11.2. The number of halogens is 1. The molecular formula is C15H19ClN2O. The third-order valence-corrected chi connectivity index (χ3v) is 4.72. The number of carbonyl (C=O) groups is 1. The largest absolute Gasteiger partial charge is 0.337 e. The van der Waals surface area contributed by atoms with E-state index >= 15 is 0 Å². The number of nitrogens with zero attached hydrogens (tertiary/aromatic N) is 1. The Morgan fingerprint density at radius 1 is 1.32 bits per heavy atom. The van der Waals surface area contributed by atoms with Crippen LogP contribution >= 0.6 is 11.6 Å². The van der Waals surface area contributed by atoms with Crippen molar-refractivity contribution < 1.29 is 4.79 Å². The molecule has 3 rings (SSSR count). The lowest BCUT2D eigenvalue weighted by Crippen LogP contribution is -2.39. The van der Waals surface area contributed by atoms with Crippen molar-refractivity contribution in [1.82, 2.24) is 10.2 Å². The monoisotopic (exact) mass is 278 g/mol. The first-order valence-electron chi connectivity index (χ1n) is 6.95. The van der Waals surface area contributed by atoms with Gasteiger partial charge in [-0.2, -0.15) is 0 Å². The Bertz CT molecular complexity index is 503. The Morgan fingerprint density at radius 3 is 2.95 bits per heavy atom. The zero-order chi connectivity index (χ0) is 13.4. The van der Waals surface area contributed by atoms with E-state index in [1.165, 1.54) is 12.8 Å². The summed E-state index contributed by atoms with van der Waals surface area (Å²) in [5.74, 6) is 0.120. The van der Waals surface area contributed by atoms with Crippen LogP contribution in [0.2, 0.25) is 5.02 Å². The predicted octanol–water partition coefficient (Wildman–Crippen LogP) is 2.61. The number of hydrogen-bond acceptors (Lipinski definition) is 2. The van der Waals surface area contributed by atoms with Gasteiger partial charge in [-0.25, -0.2) is 0 Å². The average molecular weight is 279 g/mol. The Kier molecular flexibility index (Phi) is 3.50. The molecule has 2 fully saturated rings. The van der Waals surface area contributed by atoms with Crippen molar-refractivity contribution in [2.24, 2.45) is 0 Å². The molecule has 3 nitrogen and oxygen atoms in total. The maximum Gasteiger partial charge on any atom is 0.254 e. The molecule has 1 N–H and O–H groups in total. The number of benzene rings is 1. The van der Waals surface area contributed by atoms with Crippen LogP contribution in [-0.2, 0) is 0 Å². The van der Waals surface area contributed by atoms with Gasteiger partial charge in [0.15, 0.2) is 0 Å². The van der Waals surface area contributed by atoms with Crippen molar-refractivity contribution in [3.63, 3.8) is 0 Å². The molecule has 0 spiro atoms. The maximum atomic E-state index is 12.6. The Labute approximate surface area is 118 Å². The number of nitrogens with one attached hydrogen (secondary N) is 1. The van der Waals surface area contributed by atoms with Gasteiger partial charge in [0.25, 0.3) is 5.91 Å². The van der Waals surface area contributed by atoms with Gasteiger partial charge in [-0.3, -0.25) is 4.79 Å². The lowest BCUT2D eigenvalue weighted by atomic mass is 10.0. The Morgan fingerprint density at radius 2 is 2.11 bits per heavy atom. The van der Waals surface area contributed by atoms with E-state index in [2.05, 4.69) is 5.32 Å². The molecule has 1 aromatic carbocycles. The van der Waals surface area contributed by atoms with E-state index in [4.69, 9.17) is 11.6 Å². The van der Waals surface area contributed by atoms with Crippen LogP contribution in [0.4, 0.5) is 0 Å². The topological polar surface area (TPSA) is 32.3 Å². The highest BCUT2D eigenvalue weighted by Gasteiger charge is 2.31. The first kappa shape index (κ1) is 12.9. The third kappa shape index (κ3) is 2.49. The summed E-state index contributed by atoms with van der Waals surface area (Å²) in [5.41, 5.74) is 1.63. The summed E-state index contributed by atoms with van der Waals surface area (Å²) in [5, 5.41) is 4.26. The highest BCUT2D eigenvalue weighted by molar-refractivity contribution is 6.31. The van der Waals surface area contributed by atoms with Gasteiger partial charge in [0, 0.05) is 35.8 Å². The standard InChI is InChI=1S/C15H19ClN2O/c1-10-13(3-2-4-14(10)16)15(19)18-8-7-11-5-6-12(9-18)17-11/h2-4,11-12,17H,5-9H2,1H3. The first-order chi connectivity index (χ1) is 9.15. The van der Waals surface area contributed by atoms with Gasteiger partial charge in [0.05, 0.1) is 0 Å². The van der Waals surface area contributed by atoms with Crippen LogP contribution in [0.15, 0.2) is 18.2 Å². The lowest BCUT2D eigenvalue weighted by molar-refractivity contribution is 0.0747. The number of rotatable bonds is 1. The first-order valence-corrected chi connectivity index (χ1v) is 7.33. The van der Waals surface area contributed by atoms with Gasteiger partial charge in [-0.05, 0) is 43.9 Å². The normalized spacial score (nSPS) is 26.3. The SMILES string of the molecule is Cc1c(Cl)cccc1C(=O)N1CCC2CCC(C1)N2. The van der Waals surface area contributed by atoms with E-state index in [9.17, 15) is 4.79 Å². The molecule has 19 heavy (non-hydrogen) atoms. The van der Waals surface area contributed by atoms with E-state index in [-0.39, 0.29) is 5.91 Å². The number of carbonyl (C=O) groups excluding carboxylic acids is 1. The molecule has 1 amide bonds. The minimum absolute atomic E-state index is 0.120. The number of fused-ring (bicyclic) bond motifs is 2. The van der Waals surface area contributed by atoms with E-state index in [1.54, 1.807) is 0 Å². The van der Waals surface area contributed by atoms with Crippen LogP contribution in [0.3, 0.4) is 0 Å². The Balaban J connectivity index is 1.81. The van der Waals surface area contributed by atoms with Crippen LogP contribution in [0.1, 0.15) is 35.2 Å². The molecule has 4 heteroatoms. The quantitative estimate of drug-likeness (QED) is 0.856. The molecule has 1 aromatic rings. The summed E-state index contributed by atoms with van der Waals surface area (Å²) in [6.45, 7) is 3.58. The van der Waals surface area contributed by atoms with E-state index in [1.807, 2.05) is 30.0 Å². The number of hydrogen-bond donors (Lipinski definition) is 1. The molecule has 2 unspecified atom stereocenters. The summed E-state index contributed by atoms with van der Waals surface area (Å²) >= 11 is 6.11. The van der Waals surface area contributed by atoms with Crippen molar-refractivity contribution in [3.05, 3.63) is 34.3 Å². The van der Waals surface area contributed by atoms with Crippen molar-refractivity contribution in [2.75, 3.05) is 13.1 Å². The van der Waals surface area contributed by atoms with Gasteiger partial charge >= 0.3 is 0 Å². The van der Waals surface area contributed by atoms with Gasteiger partial charge in [0.2, 0.25) is 0 Å². The van der Waals surface area contributed by atoms with Crippen molar-refractivity contribution >= 4 is 17.5 Å². The molecule has 0 aromatic heterocycles. The van der Waals surface area contributed by atoms with Crippen molar-refractivity contribution in [3.8, 4) is 0 Å². The molecule has 2 heterocycles. The Hall–Kier alpha value is -1.06. The number of likely N-dealkylation sites (tertiary alicyclic amines) is 1. The molecule has 2 saturated heterocycles. The fourth-order valence-corrected chi connectivity index (χ4v) is 3.31. The van der Waals surface area contributed by atoms with Crippen LogP contribution in [0.5, 0.6) is 0 Å². The number of amides is 1. The van der Waals surface area contributed by atoms with Crippen LogP contribution in [0, 0.1) is 6.92 Å². The van der Waals surface area contributed by atoms with E-state index in [0.29, 0.717) is 17.1 Å². The summed E-state index contributed by atoms with van der Waals surface area (Å²) in [7, 11) is 0. The van der Waals surface area contributed by atoms with Crippen LogP contribution in [0.25, 0.3) is 0 Å². The molecule has 2 aliphatic rings. The molecule has 0 radical (unpaired) electrons. The highest BCUT2D eigenvalue weighted by Crippen LogP contribution is 2.24. The zero-order valence-corrected chi connectivity index (χ0v) is 11.9. The van der Waals surface area contributed by atoms with Crippen molar-refractivity contribution in [1.29, 1.82) is 0 Å². The second-order valence-electron chi connectivity index (χ2n) is 5.59. The van der Waals surface area contributed by atoms with Gasteiger partial charge in [-0.15, -0.1) is 0 Å². The summed E-state index contributed by atoms with van der Waals surface area (Å²) < 4.78 is 0. The van der Waals surface area contributed by atoms with Crippen LogP contribution < -0.4 is 5.32 Å². The predicted molar refractivity (Wildman–Crippen MR) is 76.7 cm³/mol. The summed E-state index contributed by atoms with van der Waals surface area (Å²) in [6.07, 6.45) is 3.49. The van der Waals surface area contributed by atoms with Crippen LogP contribution in [-0.4, -0.2) is 36.0 Å². The molecule has 102 valence electrons. The van der Waals surface area contributed by atoms with Gasteiger partial charge in [0.1, 0.15) is 0 Å². The second-order valence-corrected chi connectivity index (χ2v) is 6.00.